The maximum atomic E-state index is 12.6. The van der Waals surface area contributed by atoms with E-state index in [1.165, 1.54) is 0 Å². The van der Waals surface area contributed by atoms with Gasteiger partial charge in [0.25, 0.3) is 5.91 Å². The zero-order chi connectivity index (χ0) is 16.6. The molecule has 122 valence electrons. The average Bonchev–Trinajstić information content (AvgIpc) is 3.14. The fourth-order valence-electron chi connectivity index (χ4n) is 2.84. The van der Waals surface area contributed by atoms with Crippen LogP contribution in [0, 0.1) is 12.8 Å². The Morgan fingerprint density at radius 3 is 2.83 bits per heavy atom. The second-order valence-electron chi connectivity index (χ2n) is 5.89. The third-order valence-electron chi connectivity index (χ3n) is 4.24. The van der Waals surface area contributed by atoms with Crippen LogP contribution >= 0.6 is 11.6 Å². The van der Waals surface area contributed by atoms with E-state index < -0.39 is 6.10 Å². The molecule has 6 nitrogen and oxygen atoms in total. The number of benzene rings is 1. The number of halogens is 1. The van der Waals surface area contributed by atoms with Crippen LogP contribution in [0.25, 0.3) is 5.69 Å². The van der Waals surface area contributed by atoms with E-state index in [1.807, 2.05) is 18.2 Å². The van der Waals surface area contributed by atoms with Crippen molar-refractivity contribution in [2.45, 2.75) is 26.4 Å². The van der Waals surface area contributed by atoms with Gasteiger partial charge in [0.15, 0.2) is 0 Å². The molecule has 1 aliphatic heterocycles. The van der Waals surface area contributed by atoms with E-state index in [4.69, 9.17) is 11.6 Å². The molecular formula is C16H19ClN4O2. The van der Waals surface area contributed by atoms with Gasteiger partial charge in [0, 0.05) is 19.0 Å². The largest absolute Gasteiger partial charge is 0.393 e. The summed E-state index contributed by atoms with van der Waals surface area (Å²) in [6, 6.07) is 7.30. The zero-order valence-corrected chi connectivity index (χ0v) is 13.9. The van der Waals surface area contributed by atoms with Gasteiger partial charge in [-0.3, -0.25) is 4.79 Å². The number of hydrogen-bond donors (Lipinski definition) is 1. The lowest BCUT2D eigenvalue weighted by atomic mass is 10.0. The van der Waals surface area contributed by atoms with Crippen LogP contribution in [0.5, 0.6) is 0 Å². The van der Waals surface area contributed by atoms with Gasteiger partial charge in [-0.15, -0.1) is 5.10 Å². The number of amides is 1. The highest BCUT2D eigenvalue weighted by Crippen LogP contribution is 2.23. The third-order valence-corrected chi connectivity index (χ3v) is 4.55. The molecule has 1 aliphatic rings. The molecule has 2 heterocycles. The van der Waals surface area contributed by atoms with Crippen molar-refractivity contribution in [2.75, 3.05) is 13.1 Å². The van der Waals surface area contributed by atoms with E-state index in [9.17, 15) is 9.90 Å². The van der Waals surface area contributed by atoms with Crippen molar-refractivity contribution in [1.82, 2.24) is 19.7 Å². The number of para-hydroxylation sites is 1. The molecule has 2 atom stereocenters. The second-order valence-corrected chi connectivity index (χ2v) is 6.29. The second kappa shape index (κ2) is 6.29. The van der Waals surface area contributed by atoms with Gasteiger partial charge in [0.05, 0.1) is 16.8 Å². The molecule has 1 N–H and O–H groups in total. The van der Waals surface area contributed by atoms with Crippen molar-refractivity contribution in [3.05, 3.63) is 40.9 Å². The number of aryl methyl sites for hydroxylation is 1. The highest BCUT2D eigenvalue weighted by Gasteiger charge is 2.31. The first-order valence-electron chi connectivity index (χ1n) is 7.63. The fraction of sp³-hybridized carbons (Fsp3) is 0.438. The van der Waals surface area contributed by atoms with Crippen molar-refractivity contribution >= 4 is 17.5 Å². The Bertz CT molecular complexity index is 729. The maximum Gasteiger partial charge on any atom is 0.293 e. The molecule has 0 spiro atoms. The average molecular weight is 335 g/mol. The number of aliphatic hydroxyl groups excluding tert-OH is 1. The summed E-state index contributed by atoms with van der Waals surface area (Å²) >= 11 is 6.19. The molecule has 0 saturated carbocycles. The lowest BCUT2D eigenvalue weighted by Gasteiger charge is -2.15. The number of nitrogens with zero attached hydrogens (tertiary/aromatic N) is 4. The minimum atomic E-state index is -0.414. The summed E-state index contributed by atoms with van der Waals surface area (Å²) in [5, 5.41) is 14.5. The molecule has 0 bridgehead atoms. The summed E-state index contributed by atoms with van der Waals surface area (Å²) in [6.07, 6.45) is 0.385. The molecule has 2 aromatic rings. The van der Waals surface area contributed by atoms with Gasteiger partial charge < -0.3 is 10.0 Å². The van der Waals surface area contributed by atoms with Crippen molar-refractivity contribution < 1.29 is 9.90 Å². The topological polar surface area (TPSA) is 71.2 Å². The summed E-state index contributed by atoms with van der Waals surface area (Å²) in [7, 11) is 0. The SMILES string of the molecule is Cc1nc(C(=O)N2CCC(C(C)O)C2)nn1-c1ccccc1Cl. The number of aromatic nitrogens is 3. The monoisotopic (exact) mass is 334 g/mol. The normalized spacial score (nSPS) is 19.1. The summed E-state index contributed by atoms with van der Waals surface area (Å²) in [4.78, 5) is 18.5. The van der Waals surface area contributed by atoms with Gasteiger partial charge in [0.1, 0.15) is 5.82 Å². The van der Waals surface area contributed by atoms with E-state index in [-0.39, 0.29) is 17.6 Å². The summed E-state index contributed by atoms with van der Waals surface area (Å²) in [6.45, 7) is 4.70. The smallest absolute Gasteiger partial charge is 0.293 e. The quantitative estimate of drug-likeness (QED) is 0.932. The van der Waals surface area contributed by atoms with E-state index in [1.54, 1.807) is 29.5 Å². The summed E-state index contributed by atoms with van der Waals surface area (Å²) < 4.78 is 1.58. The number of aliphatic hydroxyl groups is 1. The Morgan fingerprint density at radius 1 is 1.43 bits per heavy atom. The van der Waals surface area contributed by atoms with Crippen molar-refractivity contribution in [2.24, 2.45) is 5.92 Å². The molecule has 0 aliphatic carbocycles. The highest BCUT2D eigenvalue weighted by atomic mass is 35.5. The highest BCUT2D eigenvalue weighted by molar-refractivity contribution is 6.32. The number of carbonyl (C=O) groups is 1. The van der Waals surface area contributed by atoms with E-state index >= 15 is 0 Å². The first kappa shape index (κ1) is 16.0. The molecule has 1 saturated heterocycles. The fourth-order valence-corrected chi connectivity index (χ4v) is 3.06. The van der Waals surface area contributed by atoms with Crippen LogP contribution in [-0.2, 0) is 0 Å². The minimum absolute atomic E-state index is 0.116. The third kappa shape index (κ3) is 3.09. The Morgan fingerprint density at radius 2 is 2.17 bits per heavy atom. The van der Waals surface area contributed by atoms with E-state index in [0.29, 0.717) is 29.6 Å². The number of likely N-dealkylation sites (tertiary alicyclic amines) is 1. The molecule has 0 radical (unpaired) electrons. The Balaban J connectivity index is 1.84. The molecule has 1 fully saturated rings. The first-order valence-corrected chi connectivity index (χ1v) is 8.01. The van der Waals surface area contributed by atoms with Crippen molar-refractivity contribution in [3.63, 3.8) is 0 Å². The molecule has 3 rings (SSSR count). The molecule has 23 heavy (non-hydrogen) atoms. The van der Waals surface area contributed by atoms with Crippen molar-refractivity contribution in [1.29, 1.82) is 0 Å². The maximum absolute atomic E-state index is 12.6. The molecule has 7 heteroatoms. The zero-order valence-electron chi connectivity index (χ0n) is 13.1. The van der Waals surface area contributed by atoms with Crippen LogP contribution in [0.1, 0.15) is 29.8 Å². The molecule has 1 amide bonds. The number of carbonyl (C=O) groups excluding carboxylic acids is 1. The lowest BCUT2D eigenvalue weighted by molar-refractivity contribution is 0.0750. The predicted octanol–water partition coefficient (Wildman–Crippen LogP) is 2.07. The van der Waals surface area contributed by atoms with Gasteiger partial charge in [-0.25, -0.2) is 9.67 Å². The molecule has 1 aromatic heterocycles. The van der Waals surface area contributed by atoms with Gasteiger partial charge in [0.2, 0.25) is 5.82 Å². The van der Waals surface area contributed by atoms with Crippen LogP contribution in [0.2, 0.25) is 5.02 Å². The van der Waals surface area contributed by atoms with Gasteiger partial charge in [-0.05, 0) is 32.4 Å². The first-order chi connectivity index (χ1) is 11.0. The number of hydrogen-bond acceptors (Lipinski definition) is 4. The Labute approximate surface area is 139 Å². The van der Waals surface area contributed by atoms with Crippen LogP contribution in [0.3, 0.4) is 0 Å². The van der Waals surface area contributed by atoms with Gasteiger partial charge >= 0.3 is 0 Å². The van der Waals surface area contributed by atoms with E-state index in [2.05, 4.69) is 10.1 Å². The standard InChI is InChI=1S/C16H19ClN4O2/c1-10(22)12-7-8-20(9-12)16(23)15-18-11(2)21(19-15)14-6-4-3-5-13(14)17/h3-6,10,12,22H,7-9H2,1-2H3. The Kier molecular flexibility index (Phi) is 4.37. The van der Waals surface area contributed by atoms with Crippen LogP contribution in [0.15, 0.2) is 24.3 Å². The minimum Gasteiger partial charge on any atom is -0.393 e. The van der Waals surface area contributed by atoms with Crippen LogP contribution in [0.4, 0.5) is 0 Å². The molecule has 1 aromatic carbocycles. The Hall–Kier alpha value is -1.92. The summed E-state index contributed by atoms with van der Waals surface area (Å²) in [5.74, 6) is 0.675. The van der Waals surface area contributed by atoms with Gasteiger partial charge in [-0.1, -0.05) is 23.7 Å². The number of rotatable bonds is 3. The van der Waals surface area contributed by atoms with E-state index in [0.717, 1.165) is 6.42 Å². The van der Waals surface area contributed by atoms with Crippen LogP contribution < -0.4 is 0 Å². The van der Waals surface area contributed by atoms with Crippen LogP contribution in [-0.4, -0.2) is 49.9 Å². The summed E-state index contributed by atoms with van der Waals surface area (Å²) in [5.41, 5.74) is 0.696. The van der Waals surface area contributed by atoms with Gasteiger partial charge in [-0.2, -0.15) is 0 Å². The lowest BCUT2D eigenvalue weighted by Crippen LogP contribution is -2.31. The predicted molar refractivity (Wildman–Crippen MR) is 86.8 cm³/mol. The molecular weight excluding hydrogens is 316 g/mol. The van der Waals surface area contributed by atoms with Crippen molar-refractivity contribution in [3.8, 4) is 5.69 Å². The molecule has 2 unspecified atom stereocenters.